The van der Waals surface area contributed by atoms with Crippen LogP contribution in [0, 0.1) is 0 Å². The van der Waals surface area contributed by atoms with E-state index in [4.69, 9.17) is 14.0 Å². The smallest absolute Gasteiger partial charge is 0.258 e. The second-order valence-corrected chi connectivity index (χ2v) is 6.54. The molecule has 0 aliphatic carbocycles. The first kappa shape index (κ1) is 18.0. The lowest BCUT2D eigenvalue weighted by atomic mass is 10.1. The van der Waals surface area contributed by atoms with Crippen molar-refractivity contribution in [3.63, 3.8) is 0 Å². The fraction of sp³-hybridized carbons (Fsp3) is 0.286. The SMILES string of the molecule is COc1ccc(-c2noc([C@H]3CCCN3C(=O)c3ccccc3OC)n2)cc1. The van der Waals surface area contributed by atoms with Crippen LogP contribution < -0.4 is 9.47 Å². The Labute approximate surface area is 162 Å². The number of amides is 1. The number of para-hydroxylation sites is 1. The van der Waals surface area contributed by atoms with Crippen molar-refractivity contribution in [1.29, 1.82) is 0 Å². The Morgan fingerprint density at radius 1 is 1.11 bits per heavy atom. The summed E-state index contributed by atoms with van der Waals surface area (Å²) in [5.74, 6) is 2.17. The average Bonchev–Trinajstić information content (AvgIpc) is 3.42. The number of likely N-dealkylation sites (tertiary alicyclic amines) is 1. The molecule has 7 nitrogen and oxygen atoms in total. The topological polar surface area (TPSA) is 77.7 Å². The molecule has 4 rings (SSSR count). The second-order valence-electron chi connectivity index (χ2n) is 6.54. The van der Waals surface area contributed by atoms with Crippen molar-refractivity contribution in [2.45, 2.75) is 18.9 Å². The van der Waals surface area contributed by atoms with Crippen LogP contribution in [0.4, 0.5) is 0 Å². The Balaban J connectivity index is 1.58. The zero-order valence-corrected chi connectivity index (χ0v) is 15.8. The van der Waals surface area contributed by atoms with Crippen molar-refractivity contribution in [3.8, 4) is 22.9 Å². The quantitative estimate of drug-likeness (QED) is 0.672. The van der Waals surface area contributed by atoms with Gasteiger partial charge in [0.2, 0.25) is 11.7 Å². The molecule has 0 N–H and O–H groups in total. The van der Waals surface area contributed by atoms with Gasteiger partial charge in [0.1, 0.15) is 17.5 Å². The van der Waals surface area contributed by atoms with Gasteiger partial charge in [-0.2, -0.15) is 4.98 Å². The molecule has 7 heteroatoms. The van der Waals surface area contributed by atoms with Crippen LogP contribution in [-0.4, -0.2) is 41.7 Å². The van der Waals surface area contributed by atoms with Crippen molar-refractivity contribution < 1.29 is 18.8 Å². The predicted molar refractivity (Wildman–Crippen MR) is 102 cm³/mol. The summed E-state index contributed by atoms with van der Waals surface area (Å²) in [7, 11) is 3.18. The van der Waals surface area contributed by atoms with Gasteiger partial charge in [-0.1, -0.05) is 17.3 Å². The number of carbonyl (C=O) groups is 1. The molecule has 144 valence electrons. The highest BCUT2D eigenvalue weighted by Crippen LogP contribution is 2.34. The monoisotopic (exact) mass is 379 g/mol. The minimum Gasteiger partial charge on any atom is -0.497 e. The van der Waals surface area contributed by atoms with Gasteiger partial charge in [0, 0.05) is 12.1 Å². The maximum Gasteiger partial charge on any atom is 0.258 e. The van der Waals surface area contributed by atoms with Gasteiger partial charge in [-0.05, 0) is 49.2 Å². The highest BCUT2D eigenvalue weighted by Gasteiger charge is 2.35. The number of carbonyl (C=O) groups excluding carboxylic acids is 1. The Morgan fingerprint density at radius 2 is 1.89 bits per heavy atom. The molecule has 1 amide bonds. The molecule has 3 aromatic rings. The van der Waals surface area contributed by atoms with Gasteiger partial charge in [-0.25, -0.2) is 0 Å². The Morgan fingerprint density at radius 3 is 2.64 bits per heavy atom. The minimum absolute atomic E-state index is 0.0934. The fourth-order valence-electron chi connectivity index (χ4n) is 3.47. The lowest BCUT2D eigenvalue weighted by molar-refractivity contribution is 0.0706. The van der Waals surface area contributed by atoms with Crippen LogP contribution in [0.1, 0.15) is 35.1 Å². The van der Waals surface area contributed by atoms with E-state index < -0.39 is 0 Å². The molecule has 2 aromatic carbocycles. The van der Waals surface area contributed by atoms with Crippen LogP contribution in [0.3, 0.4) is 0 Å². The molecule has 0 radical (unpaired) electrons. The van der Waals surface area contributed by atoms with E-state index in [1.54, 1.807) is 31.3 Å². The van der Waals surface area contributed by atoms with Crippen LogP contribution in [-0.2, 0) is 0 Å². The molecule has 1 atom stereocenters. The molecule has 0 bridgehead atoms. The first-order chi connectivity index (χ1) is 13.7. The first-order valence-corrected chi connectivity index (χ1v) is 9.13. The van der Waals surface area contributed by atoms with Crippen LogP contribution >= 0.6 is 0 Å². The third-order valence-corrected chi connectivity index (χ3v) is 4.93. The maximum absolute atomic E-state index is 13.1. The molecular weight excluding hydrogens is 358 g/mol. The van der Waals surface area contributed by atoms with Gasteiger partial charge in [-0.15, -0.1) is 0 Å². The Bertz CT molecular complexity index is 968. The summed E-state index contributed by atoms with van der Waals surface area (Å²) < 4.78 is 16.0. The number of nitrogens with zero attached hydrogens (tertiary/aromatic N) is 3. The molecule has 0 saturated carbocycles. The molecule has 0 spiro atoms. The summed E-state index contributed by atoms with van der Waals surface area (Å²) in [6.07, 6.45) is 1.66. The summed E-state index contributed by atoms with van der Waals surface area (Å²) >= 11 is 0. The van der Waals surface area contributed by atoms with Crippen LogP contribution in [0.5, 0.6) is 11.5 Å². The zero-order valence-electron chi connectivity index (χ0n) is 15.8. The Kier molecular flexibility index (Phi) is 4.97. The number of hydrogen-bond acceptors (Lipinski definition) is 6. The van der Waals surface area contributed by atoms with E-state index in [1.807, 2.05) is 36.4 Å². The molecule has 0 unspecified atom stereocenters. The number of rotatable bonds is 5. The van der Waals surface area contributed by atoms with Gasteiger partial charge < -0.3 is 18.9 Å². The van der Waals surface area contributed by atoms with E-state index >= 15 is 0 Å². The van der Waals surface area contributed by atoms with Gasteiger partial charge in [0.15, 0.2) is 0 Å². The average molecular weight is 379 g/mol. The van der Waals surface area contributed by atoms with Gasteiger partial charge in [-0.3, -0.25) is 4.79 Å². The third kappa shape index (κ3) is 3.31. The normalized spacial score (nSPS) is 16.2. The second kappa shape index (κ2) is 7.72. The van der Waals surface area contributed by atoms with Gasteiger partial charge >= 0.3 is 0 Å². The molecule has 28 heavy (non-hydrogen) atoms. The summed E-state index contributed by atoms with van der Waals surface area (Å²) in [4.78, 5) is 19.4. The summed E-state index contributed by atoms with van der Waals surface area (Å²) in [5.41, 5.74) is 1.36. The van der Waals surface area contributed by atoms with Crippen molar-refractivity contribution >= 4 is 5.91 Å². The van der Waals surface area contributed by atoms with E-state index in [1.165, 1.54) is 0 Å². The number of hydrogen-bond donors (Lipinski definition) is 0. The van der Waals surface area contributed by atoms with Crippen LogP contribution in [0.15, 0.2) is 53.1 Å². The third-order valence-electron chi connectivity index (χ3n) is 4.93. The summed E-state index contributed by atoms with van der Waals surface area (Å²) in [6, 6.07) is 14.4. The molecule has 1 saturated heterocycles. The molecule has 2 heterocycles. The lowest BCUT2D eigenvalue weighted by Crippen LogP contribution is -2.31. The summed E-state index contributed by atoms with van der Waals surface area (Å²) in [5, 5.41) is 4.10. The maximum atomic E-state index is 13.1. The molecular formula is C21H21N3O4. The Hall–Kier alpha value is -3.35. The van der Waals surface area contributed by atoms with Crippen molar-refractivity contribution in [1.82, 2.24) is 15.0 Å². The summed E-state index contributed by atoms with van der Waals surface area (Å²) in [6.45, 7) is 0.641. The molecule has 1 fully saturated rings. The van der Waals surface area contributed by atoms with E-state index in [0.29, 0.717) is 29.6 Å². The van der Waals surface area contributed by atoms with E-state index in [9.17, 15) is 4.79 Å². The van der Waals surface area contributed by atoms with Crippen LogP contribution in [0.2, 0.25) is 0 Å². The number of aromatic nitrogens is 2. The lowest BCUT2D eigenvalue weighted by Gasteiger charge is -2.22. The fourth-order valence-corrected chi connectivity index (χ4v) is 3.47. The molecule has 1 aromatic heterocycles. The number of methoxy groups -OCH3 is 2. The number of ether oxygens (including phenoxy) is 2. The molecule has 1 aliphatic rings. The zero-order chi connectivity index (χ0) is 19.5. The largest absolute Gasteiger partial charge is 0.497 e. The predicted octanol–water partition coefficient (Wildman–Crippen LogP) is 3.73. The minimum atomic E-state index is -0.239. The van der Waals surface area contributed by atoms with Crippen molar-refractivity contribution in [2.24, 2.45) is 0 Å². The highest BCUT2D eigenvalue weighted by molar-refractivity contribution is 5.97. The van der Waals surface area contributed by atoms with E-state index in [0.717, 1.165) is 24.2 Å². The van der Waals surface area contributed by atoms with E-state index in [-0.39, 0.29) is 11.9 Å². The van der Waals surface area contributed by atoms with Crippen molar-refractivity contribution in [2.75, 3.05) is 20.8 Å². The first-order valence-electron chi connectivity index (χ1n) is 9.13. The highest BCUT2D eigenvalue weighted by atomic mass is 16.5. The standard InChI is InChI=1S/C21H21N3O4/c1-26-15-11-9-14(10-12-15)19-22-20(28-23-19)17-7-5-13-24(17)21(25)16-6-3-4-8-18(16)27-2/h3-4,6,8-12,17H,5,7,13H2,1-2H3/t17-/m1/s1. The van der Waals surface area contributed by atoms with Crippen LogP contribution in [0.25, 0.3) is 11.4 Å². The molecule has 1 aliphatic heterocycles. The van der Waals surface area contributed by atoms with E-state index in [2.05, 4.69) is 10.1 Å². The van der Waals surface area contributed by atoms with Gasteiger partial charge in [0.05, 0.1) is 19.8 Å². The van der Waals surface area contributed by atoms with Gasteiger partial charge in [0.25, 0.3) is 5.91 Å². The number of benzene rings is 2. The van der Waals surface area contributed by atoms with Crippen molar-refractivity contribution in [3.05, 3.63) is 60.0 Å².